The summed E-state index contributed by atoms with van der Waals surface area (Å²) < 4.78 is 11.9. The van der Waals surface area contributed by atoms with Crippen LogP contribution in [0.3, 0.4) is 0 Å². The predicted molar refractivity (Wildman–Crippen MR) is 85.9 cm³/mol. The number of hydrogen-bond donors (Lipinski definition) is 1. The number of nitro groups is 1. The lowest BCUT2D eigenvalue weighted by Gasteiger charge is -2.45. The van der Waals surface area contributed by atoms with Gasteiger partial charge in [0.15, 0.2) is 5.79 Å². The SMILES string of the molecule is CC1(C)c2[nH]c3c(Cl)ccc([N+](=O)[O-])c3c2CCC12OCCO2. The average molecular weight is 337 g/mol. The van der Waals surface area contributed by atoms with Gasteiger partial charge in [-0.1, -0.05) is 11.6 Å². The molecule has 0 bridgehead atoms. The number of aryl methyl sites for hydroxylation is 1. The number of fused-ring (bicyclic) bond motifs is 3. The number of non-ortho nitro benzene ring substituents is 1. The Kier molecular flexibility index (Phi) is 3.04. The molecule has 0 atom stereocenters. The third-order valence-electron chi connectivity index (χ3n) is 5.22. The second-order valence-corrected chi connectivity index (χ2v) is 7.03. The quantitative estimate of drug-likeness (QED) is 0.636. The lowest BCUT2D eigenvalue weighted by molar-refractivity contribution is -0.383. The van der Waals surface area contributed by atoms with E-state index in [1.807, 2.05) is 13.8 Å². The van der Waals surface area contributed by atoms with Gasteiger partial charge in [0.25, 0.3) is 5.69 Å². The number of H-pyrrole nitrogens is 1. The van der Waals surface area contributed by atoms with Crippen LogP contribution < -0.4 is 0 Å². The van der Waals surface area contributed by atoms with Crippen molar-refractivity contribution in [1.29, 1.82) is 0 Å². The summed E-state index contributed by atoms with van der Waals surface area (Å²) in [5.74, 6) is -0.678. The topological polar surface area (TPSA) is 77.4 Å². The molecule has 4 rings (SSSR count). The monoisotopic (exact) mass is 336 g/mol. The third-order valence-corrected chi connectivity index (χ3v) is 5.53. The minimum absolute atomic E-state index is 0.0851. The zero-order valence-electron chi connectivity index (χ0n) is 12.9. The molecule has 7 heteroatoms. The Morgan fingerprint density at radius 3 is 2.65 bits per heavy atom. The van der Waals surface area contributed by atoms with Crippen molar-refractivity contribution in [2.24, 2.45) is 0 Å². The number of benzene rings is 1. The molecule has 122 valence electrons. The molecule has 0 amide bonds. The number of ether oxygens (including phenoxy) is 2. The van der Waals surface area contributed by atoms with Gasteiger partial charge in [-0.2, -0.15) is 0 Å². The normalized spacial score (nSPS) is 21.7. The van der Waals surface area contributed by atoms with Gasteiger partial charge in [-0.15, -0.1) is 0 Å². The highest BCUT2D eigenvalue weighted by Gasteiger charge is 2.55. The molecule has 1 saturated heterocycles. The van der Waals surface area contributed by atoms with Crippen LogP contribution in [-0.4, -0.2) is 28.9 Å². The van der Waals surface area contributed by atoms with Gasteiger partial charge in [0.05, 0.1) is 39.5 Å². The molecule has 1 aliphatic heterocycles. The Bertz CT molecular complexity index is 821. The van der Waals surface area contributed by atoms with Crippen LogP contribution in [0.5, 0.6) is 0 Å². The standard InChI is InChI=1S/C16H17ClN2O4/c1-15(2)14-9(5-6-16(15)22-7-8-23-16)12-11(19(20)21)4-3-10(17)13(12)18-14/h3-4,18H,5-8H2,1-2H3. The molecule has 0 saturated carbocycles. The molecule has 1 aromatic carbocycles. The van der Waals surface area contributed by atoms with Crippen LogP contribution in [0, 0.1) is 10.1 Å². The lowest BCUT2D eigenvalue weighted by atomic mass is 9.71. The second-order valence-electron chi connectivity index (χ2n) is 6.63. The number of nitrogens with zero attached hydrogens (tertiary/aromatic N) is 1. The summed E-state index contributed by atoms with van der Waals surface area (Å²) >= 11 is 6.28. The van der Waals surface area contributed by atoms with E-state index in [1.54, 1.807) is 6.07 Å². The van der Waals surface area contributed by atoms with Crippen molar-refractivity contribution >= 4 is 28.2 Å². The number of rotatable bonds is 1. The van der Waals surface area contributed by atoms with Gasteiger partial charge in [0, 0.05) is 18.2 Å². The molecule has 1 fully saturated rings. The Morgan fingerprint density at radius 1 is 1.30 bits per heavy atom. The maximum Gasteiger partial charge on any atom is 0.279 e. The number of nitrogens with one attached hydrogen (secondary N) is 1. The lowest BCUT2D eigenvalue weighted by Crippen LogP contribution is -2.52. The Hall–Kier alpha value is -1.63. The van der Waals surface area contributed by atoms with E-state index in [0.717, 1.165) is 11.3 Å². The van der Waals surface area contributed by atoms with Crippen molar-refractivity contribution in [2.75, 3.05) is 13.2 Å². The highest BCUT2D eigenvalue weighted by molar-refractivity contribution is 6.35. The minimum Gasteiger partial charge on any atom is -0.356 e. The Morgan fingerprint density at radius 2 is 2.00 bits per heavy atom. The summed E-state index contributed by atoms with van der Waals surface area (Å²) in [6.45, 7) is 5.23. The van der Waals surface area contributed by atoms with Crippen molar-refractivity contribution in [3.05, 3.63) is 38.5 Å². The van der Waals surface area contributed by atoms with Crippen LogP contribution in [0.2, 0.25) is 5.02 Å². The molecule has 6 nitrogen and oxygen atoms in total. The predicted octanol–water partition coefficient (Wildman–Crippen LogP) is 3.70. The fourth-order valence-electron chi connectivity index (χ4n) is 4.01. The van der Waals surface area contributed by atoms with Gasteiger partial charge in [-0.05, 0) is 31.9 Å². The van der Waals surface area contributed by atoms with Gasteiger partial charge in [0.2, 0.25) is 0 Å². The minimum atomic E-state index is -0.678. The fourth-order valence-corrected chi connectivity index (χ4v) is 4.21. The van der Waals surface area contributed by atoms with Crippen LogP contribution in [-0.2, 0) is 21.3 Å². The molecule has 2 aliphatic rings. The molecular weight excluding hydrogens is 320 g/mol. The van der Waals surface area contributed by atoms with E-state index in [-0.39, 0.29) is 10.6 Å². The van der Waals surface area contributed by atoms with Crippen molar-refractivity contribution in [3.8, 4) is 0 Å². The van der Waals surface area contributed by atoms with E-state index in [0.29, 0.717) is 42.0 Å². The number of aromatic nitrogens is 1. The second kappa shape index (κ2) is 4.69. The van der Waals surface area contributed by atoms with Gasteiger partial charge in [-0.3, -0.25) is 10.1 Å². The zero-order chi connectivity index (χ0) is 16.4. The molecular formula is C16H17ClN2O4. The van der Waals surface area contributed by atoms with Crippen LogP contribution in [0.25, 0.3) is 10.9 Å². The Balaban J connectivity index is 2.02. The molecule has 0 radical (unpaired) electrons. The summed E-state index contributed by atoms with van der Waals surface area (Å²) in [5, 5.41) is 12.5. The van der Waals surface area contributed by atoms with E-state index in [9.17, 15) is 10.1 Å². The zero-order valence-corrected chi connectivity index (χ0v) is 13.7. The van der Waals surface area contributed by atoms with E-state index in [2.05, 4.69) is 4.98 Å². The van der Waals surface area contributed by atoms with Crippen LogP contribution in [0.4, 0.5) is 5.69 Å². The molecule has 23 heavy (non-hydrogen) atoms. The summed E-state index contributed by atoms with van der Waals surface area (Å²) in [4.78, 5) is 14.4. The van der Waals surface area contributed by atoms with Crippen LogP contribution >= 0.6 is 11.6 Å². The van der Waals surface area contributed by atoms with Crippen molar-refractivity contribution in [1.82, 2.24) is 4.98 Å². The number of aromatic amines is 1. The molecule has 1 N–H and O–H groups in total. The molecule has 1 spiro atoms. The smallest absolute Gasteiger partial charge is 0.279 e. The maximum atomic E-state index is 11.4. The first-order chi connectivity index (χ1) is 10.9. The highest BCUT2D eigenvalue weighted by Crippen LogP contribution is 2.51. The first-order valence-corrected chi connectivity index (χ1v) is 8.01. The van der Waals surface area contributed by atoms with Crippen LogP contribution in [0.1, 0.15) is 31.5 Å². The van der Waals surface area contributed by atoms with Gasteiger partial charge < -0.3 is 14.5 Å². The van der Waals surface area contributed by atoms with E-state index >= 15 is 0 Å². The molecule has 2 heterocycles. The van der Waals surface area contributed by atoms with Gasteiger partial charge in [0.1, 0.15) is 0 Å². The van der Waals surface area contributed by atoms with E-state index < -0.39 is 11.2 Å². The summed E-state index contributed by atoms with van der Waals surface area (Å²) in [5.41, 5.74) is 2.12. The third kappa shape index (κ3) is 1.83. The molecule has 0 unspecified atom stereocenters. The van der Waals surface area contributed by atoms with E-state index in [1.165, 1.54) is 6.07 Å². The maximum absolute atomic E-state index is 11.4. The largest absolute Gasteiger partial charge is 0.356 e. The first-order valence-electron chi connectivity index (χ1n) is 7.63. The summed E-state index contributed by atoms with van der Waals surface area (Å²) in [7, 11) is 0. The summed E-state index contributed by atoms with van der Waals surface area (Å²) in [6, 6.07) is 3.04. The van der Waals surface area contributed by atoms with E-state index in [4.69, 9.17) is 21.1 Å². The average Bonchev–Trinajstić information content (AvgIpc) is 3.10. The number of nitro benzene ring substituents is 1. The van der Waals surface area contributed by atoms with Gasteiger partial charge in [-0.25, -0.2) is 0 Å². The van der Waals surface area contributed by atoms with Gasteiger partial charge >= 0.3 is 0 Å². The Labute approximate surface area is 137 Å². The number of hydrogen-bond acceptors (Lipinski definition) is 4. The summed E-state index contributed by atoms with van der Waals surface area (Å²) in [6.07, 6.45) is 1.32. The number of halogens is 1. The molecule has 1 aliphatic carbocycles. The van der Waals surface area contributed by atoms with Crippen molar-refractivity contribution in [3.63, 3.8) is 0 Å². The van der Waals surface area contributed by atoms with Crippen LogP contribution in [0.15, 0.2) is 12.1 Å². The highest BCUT2D eigenvalue weighted by atomic mass is 35.5. The molecule has 2 aromatic rings. The fraction of sp³-hybridized carbons (Fsp3) is 0.500. The van der Waals surface area contributed by atoms with Crippen molar-refractivity contribution in [2.45, 2.75) is 37.9 Å². The first kappa shape index (κ1) is 14.9. The molecule has 1 aromatic heterocycles. The van der Waals surface area contributed by atoms with Crippen molar-refractivity contribution < 1.29 is 14.4 Å².